The number of ether oxygens (including phenoxy) is 1. The number of aryl methyl sites for hydroxylation is 1. The summed E-state index contributed by atoms with van der Waals surface area (Å²) in [6.45, 7) is 3.11. The van der Waals surface area contributed by atoms with E-state index in [1.54, 1.807) is 31.4 Å². The average Bonchev–Trinajstić information content (AvgIpc) is 3.23. The van der Waals surface area contributed by atoms with Crippen LogP contribution in [0.1, 0.15) is 35.2 Å². The van der Waals surface area contributed by atoms with Crippen LogP contribution in [0.15, 0.2) is 42.5 Å². The molecule has 0 spiro atoms. The first kappa shape index (κ1) is 19.7. The van der Waals surface area contributed by atoms with Crippen molar-refractivity contribution in [1.29, 1.82) is 0 Å². The maximum atomic E-state index is 13.2. The molecule has 4 N–H and O–H groups in total. The fourth-order valence-corrected chi connectivity index (χ4v) is 4.63. The molecule has 0 aromatic heterocycles. The van der Waals surface area contributed by atoms with E-state index in [0.717, 1.165) is 23.1 Å². The van der Waals surface area contributed by atoms with Gasteiger partial charge in [0.05, 0.1) is 12.1 Å². The lowest BCUT2D eigenvalue weighted by Gasteiger charge is -2.31. The van der Waals surface area contributed by atoms with Crippen molar-refractivity contribution >= 4 is 5.91 Å². The summed E-state index contributed by atoms with van der Waals surface area (Å²) in [6, 6.07) is 11.7. The second kappa shape index (κ2) is 8.02. The number of amides is 1. The molecule has 4 atom stereocenters. The number of benzene rings is 2. The number of carbonyl (C=O) groups excluding carboxylic acids is 1. The summed E-state index contributed by atoms with van der Waals surface area (Å²) in [4.78, 5) is 15.1. The molecule has 2 aromatic rings. The molecule has 0 saturated carbocycles. The lowest BCUT2D eigenvalue weighted by atomic mass is 9.82. The molecule has 0 bridgehead atoms. The molecule has 2 aliphatic heterocycles. The highest BCUT2D eigenvalue weighted by Gasteiger charge is 2.55. The topological polar surface area (TPSA) is 94.1 Å². The summed E-state index contributed by atoms with van der Waals surface area (Å²) < 4.78 is 5.17. The number of methoxy groups -OCH3 is 1. The number of rotatable bonds is 6. The lowest BCUT2D eigenvalue weighted by Crippen LogP contribution is -2.41. The molecule has 2 fully saturated rings. The van der Waals surface area contributed by atoms with Gasteiger partial charge in [0.2, 0.25) is 5.91 Å². The van der Waals surface area contributed by atoms with Gasteiger partial charge in [0.1, 0.15) is 17.5 Å². The monoisotopic (exact) mass is 397 g/mol. The van der Waals surface area contributed by atoms with Crippen LogP contribution in [0.4, 0.5) is 0 Å². The molecular formula is C22H27N3O4. The number of hydrazine groups is 1. The molecule has 154 valence electrons. The standard InChI is InChI=1S/C22H27N3O4/c1-13-7-8-17(27)16(11-13)19-18-20(24-23-19)22(28)25(9-4-10-29-2)21(18)14-5-3-6-15(26)12-14/h3,5-8,11-12,18-21,23-24,26-27H,4,9-10H2,1-2H3. The minimum atomic E-state index is -0.408. The maximum absolute atomic E-state index is 13.2. The van der Waals surface area contributed by atoms with Gasteiger partial charge in [-0.05, 0) is 37.1 Å². The smallest absolute Gasteiger partial charge is 0.242 e. The van der Waals surface area contributed by atoms with E-state index in [-0.39, 0.29) is 35.4 Å². The van der Waals surface area contributed by atoms with Crippen LogP contribution < -0.4 is 10.9 Å². The van der Waals surface area contributed by atoms with Crippen molar-refractivity contribution < 1.29 is 19.7 Å². The molecular weight excluding hydrogens is 370 g/mol. The normalized spacial score (nSPS) is 26.1. The van der Waals surface area contributed by atoms with Crippen molar-refractivity contribution in [3.63, 3.8) is 0 Å². The Hall–Kier alpha value is -2.61. The predicted octanol–water partition coefficient (Wildman–Crippen LogP) is 2.16. The Morgan fingerprint density at radius 1 is 1.10 bits per heavy atom. The van der Waals surface area contributed by atoms with Crippen molar-refractivity contribution in [2.75, 3.05) is 20.3 Å². The quantitative estimate of drug-likeness (QED) is 0.558. The maximum Gasteiger partial charge on any atom is 0.242 e. The zero-order chi connectivity index (χ0) is 20.5. The van der Waals surface area contributed by atoms with E-state index in [1.807, 2.05) is 30.0 Å². The van der Waals surface area contributed by atoms with Crippen LogP contribution in [0.2, 0.25) is 0 Å². The SMILES string of the molecule is COCCCN1C(=O)C2NNC(c3cc(C)ccc3O)C2C1c1cccc(O)c1. The van der Waals surface area contributed by atoms with Crippen LogP contribution >= 0.6 is 0 Å². The third-order valence-corrected chi connectivity index (χ3v) is 5.89. The number of aromatic hydroxyl groups is 2. The number of phenolic OH excluding ortho intramolecular Hbond substituents is 2. The summed E-state index contributed by atoms with van der Waals surface area (Å²) >= 11 is 0. The van der Waals surface area contributed by atoms with Crippen LogP contribution in [-0.2, 0) is 9.53 Å². The van der Waals surface area contributed by atoms with E-state index in [4.69, 9.17) is 4.74 Å². The van der Waals surface area contributed by atoms with E-state index in [9.17, 15) is 15.0 Å². The molecule has 2 heterocycles. The number of fused-ring (bicyclic) bond motifs is 1. The van der Waals surface area contributed by atoms with Crippen LogP contribution in [-0.4, -0.2) is 47.3 Å². The van der Waals surface area contributed by atoms with Gasteiger partial charge >= 0.3 is 0 Å². The molecule has 7 heteroatoms. The molecule has 7 nitrogen and oxygen atoms in total. The zero-order valence-corrected chi connectivity index (χ0v) is 16.6. The minimum Gasteiger partial charge on any atom is -0.508 e. The first-order chi connectivity index (χ1) is 14.0. The molecule has 0 radical (unpaired) electrons. The molecule has 2 aliphatic rings. The number of hydrogen-bond acceptors (Lipinski definition) is 6. The van der Waals surface area contributed by atoms with Crippen molar-refractivity contribution in [2.24, 2.45) is 5.92 Å². The third kappa shape index (κ3) is 3.57. The Balaban J connectivity index is 1.75. The Bertz CT molecular complexity index is 903. The van der Waals surface area contributed by atoms with E-state index in [0.29, 0.717) is 13.2 Å². The second-order valence-electron chi connectivity index (χ2n) is 7.80. The fraction of sp³-hybridized carbons (Fsp3) is 0.409. The van der Waals surface area contributed by atoms with Gasteiger partial charge < -0.3 is 19.8 Å². The van der Waals surface area contributed by atoms with Gasteiger partial charge in [-0.25, -0.2) is 10.9 Å². The van der Waals surface area contributed by atoms with Gasteiger partial charge in [-0.2, -0.15) is 0 Å². The van der Waals surface area contributed by atoms with Gasteiger partial charge in [-0.3, -0.25) is 4.79 Å². The predicted molar refractivity (Wildman–Crippen MR) is 108 cm³/mol. The second-order valence-corrected chi connectivity index (χ2v) is 7.80. The lowest BCUT2D eigenvalue weighted by molar-refractivity contribution is -0.131. The van der Waals surface area contributed by atoms with Crippen molar-refractivity contribution in [2.45, 2.75) is 31.5 Å². The largest absolute Gasteiger partial charge is 0.508 e. The van der Waals surface area contributed by atoms with Gasteiger partial charge in [0, 0.05) is 31.7 Å². The average molecular weight is 397 g/mol. The highest BCUT2D eigenvalue weighted by atomic mass is 16.5. The molecule has 1 amide bonds. The van der Waals surface area contributed by atoms with Gasteiger partial charge in [-0.15, -0.1) is 0 Å². The van der Waals surface area contributed by atoms with Crippen LogP contribution in [0.5, 0.6) is 11.5 Å². The van der Waals surface area contributed by atoms with Crippen LogP contribution in [0.25, 0.3) is 0 Å². The number of nitrogens with zero attached hydrogens (tertiary/aromatic N) is 1. The number of likely N-dealkylation sites (tertiary alicyclic amines) is 1. The number of hydrogen-bond donors (Lipinski definition) is 4. The highest BCUT2D eigenvalue weighted by molar-refractivity contribution is 5.86. The number of phenols is 2. The zero-order valence-electron chi connectivity index (χ0n) is 16.6. The molecule has 4 rings (SSSR count). The minimum absolute atomic E-state index is 0.0154. The summed E-state index contributed by atoms with van der Waals surface area (Å²) in [5, 5.41) is 20.5. The summed E-state index contributed by atoms with van der Waals surface area (Å²) in [6.07, 6.45) is 0.727. The highest BCUT2D eigenvalue weighted by Crippen LogP contribution is 2.48. The van der Waals surface area contributed by atoms with Crippen molar-refractivity contribution in [1.82, 2.24) is 15.8 Å². The van der Waals surface area contributed by atoms with E-state index in [1.165, 1.54) is 0 Å². The van der Waals surface area contributed by atoms with Gasteiger partial charge in [0.15, 0.2) is 0 Å². The van der Waals surface area contributed by atoms with Crippen molar-refractivity contribution in [3.05, 3.63) is 59.2 Å². The third-order valence-electron chi connectivity index (χ3n) is 5.89. The van der Waals surface area contributed by atoms with E-state index < -0.39 is 6.04 Å². The molecule has 2 aromatic carbocycles. The molecule has 2 saturated heterocycles. The summed E-state index contributed by atoms with van der Waals surface area (Å²) in [5.74, 6) is 0.251. The van der Waals surface area contributed by atoms with Crippen LogP contribution in [0.3, 0.4) is 0 Å². The molecule has 0 aliphatic carbocycles. The Labute approximate surface area is 170 Å². The fourth-order valence-electron chi connectivity index (χ4n) is 4.63. The molecule has 4 unspecified atom stereocenters. The van der Waals surface area contributed by atoms with Crippen LogP contribution in [0, 0.1) is 12.8 Å². The van der Waals surface area contributed by atoms with E-state index >= 15 is 0 Å². The summed E-state index contributed by atoms with van der Waals surface area (Å²) in [7, 11) is 1.65. The number of carbonyl (C=O) groups is 1. The van der Waals surface area contributed by atoms with E-state index in [2.05, 4.69) is 10.9 Å². The van der Waals surface area contributed by atoms with Gasteiger partial charge in [0.25, 0.3) is 0 Å². The first-order valence-electron chi connectivity index (χ1n) is 9.90. The Morgan fingerprint density at radius 3 is 2.66 bits per heavy atom. The molecule has 29 heavy (non-hydrogen) atoms. The Kier molecular flexibility index (Phi) is 5.45. The summed E-state index contributed by atoms with van der Waals surface area (Å²) in [5.41, 5.74) is 9.07. The first-order valence-corrected chi connectivity index (χ1v) is 9.90. The van der Waals surface area contributed by atoms with Crippen molar-refractivity contribution in [3.8, 4) is 11.5 Å². The number of nitrogens with one attached hydrogen (secondary N) is 2. The van der Waals surface area contributed by atoms with Gasteiger partial charge in [-0.1, -0.05) is 29.8 Å². The Morgan fingerprint density at radius 2 is 1.90 bits per heavy atom.